The summed E-state index contributed by atoms with van der Waals surface area (Å²) >= 11 is 0. The molecule has 0 aliphatic heterocycles. The third-order valence-corrected chi connectivity index (χ3v) is 5.78. The van der Waals surface area contributed by atoms with Crippen LogP contribution in [0.1, 0.15) is 15.9 Å². The fraction of sp³-hybridized carbons (Fsp3) is 0.0909. The van der Waals surface area contributed by atoms with Crippen LogP contribution in [0.5, 0.6) is 0 Å². The van der Waals surface area contributed by atoms with Gasteiger partial charge in [-0.15, -0.1) is 0 Å². The van der Waals surface area contributed by atoms with E-state index < -0.39 is 27.6 Å². The van der Waals surface area contributed by atoms with E-state index in [4.69, 9.17) is 5.26 Å². The standard InChI is InChI=1S/C22H18F2N4O3S/c23-18-5-3-7-20(17(18)14-25)26-12-13-27-22(29)15-8-10-16(11-9-15)32(30,31)28-21-6-2-1-4-19(21)24/h1-11,26,28H,12-13H2,(H,27,29). The van der Waals surface area contributed by atoms with Crippen LogP contribution >= 0.6 is 0 Å². The fourth-order valence-electron chi connectivity index (χ4n) is 2.79. The molecule has 32 heavy (non-hydrogen) atoms. The molecule has 0 aliphatic carbocycles. The van der Waals surface area contributed by atoms with Crippen molar-refractivity contribution < 1.29 is 22.0 Å². The van der Waals surface area contributed by atoms with Crippen molar-refractivity contribution >= 4 is 27.3 Å². The Balaban J connectivity index is 1.57. The van der Waals surface area contributed by atoms with E-state index in [1.165, 1.54) is 54.6 Å². The number of benzene rings is 3. The summed E-state index contributed by atoms with van der Waals surface area (Å²) in [5.74, 6) is -1.79. The molecule has 3 aromatic rings. The molecule has 0 bridgehead atoms. The predicted molar refractivity (Wildman–Crippen MR) is 116 cm³/mol. The second-order valence-electron chi connectivity index (χ2n) is 6.57. The van der Waals surface area contributed by atoms with E-state index in [0.717, 1.165) is 6.07 Å². The minimum absolute atomic E-state index is 0.111. The zero-order valence-electron chi connectivity index (χ0n) is 16.6. The number of carbonyl (C=O) groups excluding carboxylic acids is 1. The van der Waals surface area contributed by atoms with Crippen LogP contribution in [-0.4, -0.2) is 27.4 Å². The van der Waals surface area contributed by atoms with Crippen molar-refractivity contribution in [1.82, 2.24) is 5.32 Å². The average Bonchev–Trinajstić information content (AvgIpc) is 2.78. The van der Waals surface area contributed by atoms with Gasteiger partial charge in [-0.1, -0.05) is 18.2 Å². The van der Waals surface area contributed by atoms with Crippen LogP contribution in [0.3, 0.4) is 0 Å². The summed E-state index contributed by atoms with van der Waals surface area (Å²) in [4.78, 5) is 12.1. The third-order valence-electron chi connectivity index (χ3n) is 4.40. The zero-order valence-corrected chi connectivity index (χ0v) is 17.4. The molecule has 0 spiro atoms. The van der Waals surface area contributed by atoms with E-state index in [2.05, 4.69) is 15.4 Å². The van der Waals surface area contributed by atoms with Gasteiger partial charge in [0.1, 0.15) is 23.3 Å². The Kier molecular flexibility index (Phi) is 7.02. The van der Waals surface area contributed by atoms with Gasteiger partial charge in [0.2, 0.25) is 0 Å². The molecule has 0 saturated heterocycles. The van der Waals surface area contributed by atoms with Crippen LogP contribution in [0.25, 0.3) is 0 Å². The number of nitrogens with zero attached hydrogens (tertiary/aromatic N) is 1. The Hall–Kier alpha value is -3.97. The van der Waals surface area contributed by atoms with Gasteiger partial charge in [0.25, 0.3) is 15.9 Å². The van der Waals surface area contributed by atoms with Crippen molar-refractivity contribution in [3.63, 3.8) is 0 Å². The molecule has 3 aromatic carbocycles. The van der Waals surface area contributed by atoms with Gasteiger partial charge in [0.05, 0.1) is 16.3 Å². The number of hydrogen-bond donors (Lipinski definition) is 3. The number of hydrogen-bond acceptors (Lipinski definition) is 5. The van der Waals surface area contributed by atoms with Gasteiger partial charge in [0, 0.05) is 18.7 Å². The minimum Gasteiger partial charge on any atom is -0.382 e. The predicted octanol–water partition coefficient (Wildman–Crippen LogP) is 3.48. The maximum Gasteiger partial charge on any atom is 0.261 e. The largest absolute Gasteiger partial charge is 0.382 e. The maximum atomic E-state index is 13.7. The number of rotatable bonds is 8. The number of nitrogens with one attached hydrogen (secondary N) is 3. The number of halogens is 2. The van der Waals surface area contributed by atoms with Gasteiger partial charge < -0.3 is 10.6 Å². The molecule has 0 saturated carbocycles. The summed E-state index contributed by atoms with van der Waals surface area (Å²) in [6, 6.07) is 16.5. The Bertz CT molecular complexity index is 1270. The van der Waals surface area contributed by atoms with E-state index in [9.17, 15) is 22.0 Å². The molecule has 0 unspecified atom stereocenters. The molecule has 3 rings (SSSR count). The number of sulfonamides is 1. The van der Waals surface area contributed by atoms with Crippen molar-refractivity contribution in [2.24, 2.45) is 0 Å². The molecular formula is C22H18F2N4O3S. The zero-order chi connectivity index (χ0) is 23.1. The lowest BCUT2D eigenvalue weighted by Crippen LogP contribution is -2.29. The highest BCUT2D eigenvalue weighted by Crippen LogP contribution is 2.19. The van der Waals surface area contributed by atoms with Crippen molar-refractivity contribution in [2.45, 2.75) is 4.90 Å². The Morgan fingerprint density at radius 1 is 0.875 bits per heavy atom. The quantitative estimate of drug-likeness (QED) is 0.450. The van der Waals surface area contributed by atoms with Gasteiger partial charge in [0.15, 0.2) is 0 Å². The van der Waals surface area contributed by atoms with Gasteiger partial charge in [-0.2, -0.15) is 5.26 Å². The summed E-state index contributed by atoms with van der Waals surface area (Å²) in [6.07, 6.45) is 0. The van der Waals surface area contributed by atoms with Crippen molar-refractivity contribution in [3.8, 4) is 6.07 Å². The molecule has 0 radical (unpaired) electrons. The monoisotopic (exact) mass is 456 g/mol. The highest BCUT2D eigenvalue weighted by atomic mass is 32.2. The second-order valence-corrected chi connectivity index (χ2v) is 8.25. The number of para-hydroxylation sites is 1. The summed E-state index contributed by atoms with van der Waals surface area (Å²) in [7, 11) is -4.03. The molecule has 0 aromatic heterocycles. The molecule has 0 aliphatic rings. The molecular weight excluding hydrogens is 438 g/mol. The first-order chi connectivity index (χ1) is 15.3. The first-order valence-electron chi connectivity index (χ1n) is 9.40. The fourth-order valence-corrected chi connectivity index (χ4v) is 3.86. The van der Waals surface area contributed by atoms with Gasteiger partial charge >= 0.3 is 0 Å². The SMILES string of the molecule is N#Cc1c(F)cccc1NCCNC(=O)c1ccc(S(=O)(=O)Nc2ccccc2F)cc1. The molecule has 3 N–H and O–H groups in total. The third kappa shape index (κ3) is 5.39. The van der Waals surface area contributed by atoms with Crippen LogP contribution in [0, 0.1) is 23.0 Å². The Labute approximate surface area is 183 Å². The number of amides is 1. The van der Waals surface area contributed by atoms with Gasteiger partial charge in [-0.05, 0) is 48.5 Å². The van der Waals surface area contributed by atoms with Gasteiger partial charge in [-0.3, -0.25) is 9.52 Å². The van der Waals surface area contributed by atoms with Crippen molar-refractivity contribution in [2.75, 3.05) is 23.1 Å². The lowest BCUT2D eigenvalue weighted by atomic mass is 10.2. The number of nitriles is 1. The molecule has 1 amide bonds. The lowest BCUT2D eigenvalue weighted by Gasteiger charge is -2.11. The maximum absolute atomic E-state index is 13.7. The van der Waals surface area contributed by atoms with Crippen LogP contribution in [0.4, 0.5) is 20.2 Å². The average molecular weight is 456 g/mol. The smallest absolute Gasteiger partial charge is 0.261 e. The summed E-state index contributed by atoms with van der Waals surface area (Å²) < 4.78 is 54.3. The molecule has 10 heteroatoms. The number of carbonyl (C=O) groups is 1. The van der Waals surface area contributed by atoms with Crippen LogP contribution in [0.2, 0.25) is 0 Å². The molecule has 164 valence electrons. The lowest BCUT2D eigenvalue weighted by molar-refractivity contribution is 0.0955. The normalized spacial score (nSPS) is 10.8. The highest BCUT2D eigenvalue weighted by molar-refractivity contribution is 7.92. The molecule has 0 heterocycles. The first-order valence-corrected chi connectivity index (χ1v) is 10.9. The van der Waals surface area contributed by atoms with E-state index in [-0.39, 0.29) is 34.8 Å². The summed E-state index contributed by atoms with van der Waals surface area (Å²) in [6.45, 7) is 0.415. The van der Waals surface area contributed by atoms with E-state index in [1.54, 1.807) is 12.1 Å². The topological polar surface area (TPSA) is 111 Å². The van der Waals surface area contributed by atoms with Crippen LogP contribution < -0.4 is 15.4 Å². The Morgan fingerprint density at radius 3 is 2.22 bits per heavy atom. The van der Waals surface area contributed by atoms with Crippen LogP contribution in [-0.2, 0) is 10.0 Å². The van der Waals surface area contributed by atoms with Crippen LogP contribution in [0.15, 0.2) is 71.6 Å². The second kappa shape index (κ2) is 9.89. The van der Waals surface area contributed by atoms with E-state index in [1.807, 2.05) is 0 Å². The highest BCUT2D eigenvalue weighted by Gasteiger charge is 2.17. The number of anilines is 2. The molecule has 7 nitrogen and oxygen atoms in total. The van der Waals surface area contributed by atoms with Crippen molar-refractivity contribution in [1.29, 1.82) is 5.26 Å². The van der Waals surface area contributed by atoms with E-state index >= 15 is 0 Å². The minimum atomic E-state index is -4.03. The summed E-state index contributed by atoms with van der Waals surface area (Å²) in [5.41, 5.74) is 0.247. The first kappa shape index (κ1) is 22.7. The summed E-state index contributed by atoms with van der Waals surface area (Å²) in [5, 5.41) is 14.5. The van der Waals surface area contributed by atoms with E-state index in [0.29, 0.717) is 5.69 Å². The molecule has 0 atom stereocenters. The molecule has 0 fully saturated rings. The van der Waals surface area contributed by atoms with Crippen molar-refractivity contribution in [3.05, 3.63) is 89.5 Å². The Morgan fingerprint density at radius 2 is 1.53 bits per heavy atom. The van der Waals surface area contributed by atoms with Gasteiger partial charge in [-0.25, -0.2) is 17.2 Å².